The third-order valence-electron chi connectivity index (χ3n) is 3.37. The van der Waals surface area contributed by atoms with E-state index in [9.17, 15) is 4.79 Å². The van der Waals surface area contributed by atoms with Crippen LogP contribution in [-0.4, -0.2) is 13.0 Å². The van der Waals surface area contributed by atoms with Gasteiger partial charge in [-0.05, 0) is 48.4 Å². The molecule has 0 heterocycles. The van der Waals surface area contributed by atoms with Crippen LogP contribution in [0.4, 0.5) is 5.69 Å². The Kier molecular flexibility index (Phi) is 5.23. The maximum Gasteiger partial charge on any atom is 0.251 e. The first kappa shape index (κ1) is 15.4. The van der Waals surface area contributed by atoms with Crippen molar-refractivity contribution in [2.45, 2.75) is 19.4 Å². The van der Waals surface area contributed by atoms with Crippen molar-refractivity contribution in [1.29, 1.82) is 0 Å². The van der Waals surface area contributed by atoms with Crippen LogP contribution in [0.2, 0.25) is 5.02 Å². The fourth-order valence-electron chi connectivity index (χ4n) is 2.21. The second-order valence-corrected chi connectivity index (χ2v) is 5.25. The molecule has 2 aromatic rings. The maximum absolute atomic E-state index is 11.5. The fraction of sp³-hybridized carbons (Fsp3) is 0.235. The predicted octanol–water partition coefficient (Wildman–Crippen LogP) is 4.26. The predicted molar refractivity (Wildman–Crippen MR) is 87.9 cm³/mol. The van der Waals surface area contributed by atoms with Crippen LogP contribution in [-0.2, 0) is 0 Å². The second-order valence-electron chi connectivity index (χ2n) is 4.82. The molecule has 0 saturated heterocycles. The number of hydrogen-bond donors (Lipinski definition) is 2. The summed E-state index contributed by atoms with van der Waals surface area (Å²) < 4.78 is 0. The highest BCUT2D eigenvalue weighted by Gasteiger charge is 2.10. The lowest BCUT2D eigenvalue weighted by atomic mass is 10.0. The van der Waals surface area contributed by atoms with Gasteiger partial charge in [-0.15, -0.1) is 0 Å². The molecule has 0 spiro atoms. The molecule has 21 heavy (non-hydrogen) atoms. The van der Waals surface area contributed by atoms with Crippen LogP contribution in [0.1, 0.15) is 35.3 Å². The summed E-state index contributed by atoms with van der Waals surface area (Å²) in [4.78, 5) is 11.5. The molecule has 1 atom stereocenters. The zero-order valence-electron chi connectivity index (χ0n) is 12.2. The van der Waals surface area contributed by atoms with E-state index in [2.05, 4.69) is 23.6 Å². The number of benzene rings is 2. The van der Waals surface area contributed by atoms with E-state index in [0.717, 1.165) is 22.7 Å². The highest BCUT2D eigenvalue weighted by atomic mass is 35.5. The molecule has 2 rings (SSSR count). The van der Waals surface area contributed by atoms with Gasteiger partial charge in [-0.2, -0.15) is 0 Å². The molecular weight excluding hydrogens is 284 g/mol. The Labute approximate surface area is 130 Å². The molecule has 2 N–H and O–H groups in total. The van der Waals surface area contributed by atoms with Crippen LogP contribution < -0.4 is 10.6 Å². The van der Waals surface area contributed by atoms with E-state index in [-0.39, 0.29) is 11.9 Å². The molecular formula is C17H19ClN2O. The van der Waals surface area contributed by atoms with E-state index >= 15 is 0 Å². The van der Waals surface area contributed by atoms with E-state index in [4.69, 9.17) is 11.6 Å². The lowest BCUT2D eigenvalue weighted by Crippen LogP contribution is -2.17. The van der Waals surface area contributed by atoms with Crippen molar-refractivity contribution in [3.63, 3.8) is 0 Å². The van der Waals surface area contributed by atoms with Crippen LogP contribution in [0.5, 0.6) is 0 Å². The van der Waals surface area contributed by atoms with Crippen molar-refractivity contribution in [1.82, 2.24) is 5.32 Å². The minimum absolute atomic E-state index is 0.0802. The Bertz CT molecular complexity index is 610. The Morgan fingerprint density at radius 2 is 1.90 bits per heavy atom. The molecule has 0 aliphatic carbocycles. The maximum atomic E-state index is 11.5. The molecule has 0 radical (unpaired) electrons. The molecule has 0 bridgehead atoms. The van der Waals surface area contributed by atoms with Gasteiger partial charge in [0.25, 0.3) is 5.91 Å². The van der Waals surface area contributed by atoms with Gasteiger partial charge in [0, 0.05) is 23.3 Å². The van der Waals surface area contributed by atoms with Crippen molar-refractivity contribution in [3.05, 3.63) is 64.7 Å². The quantitative estimate of drug-likeness (QED) is 0.866. The van der Waals surface area contributed by atoms with Gasteiger partial charge >= 0.3 is 0 Å². The number of halogens is 1. The van der Waals surface area contributed by atoms with Gasteiger partial charge in [0.1, 0.15) is 0 Å². The zero-order chi connectivity index (χ0) is 15.2. The summed E-state index contributed by atoms with van der Waals surface area (Å²) in [6, 6.07) is 15.5. The van der Waals surface area contributed by atoms with E-state index in [1.54, 1.807) is 7.05 Å². The van der Waals surface area contributed by atoms with Crippen molar-refractivity contribution in [2.75, 3.05) is 12.4 Å². The topological polar surface area (TPSA) is 41.1 Å². The SMILES string of the molecule is CCC(Nc1ccc(C(=O)NC)cc1)c1cccc(Cl)c1. The molecule has 110 valence electrons. The van der Waals surface area contributed by atoms with Crippen LogP contribution in [0.15, 0.2) is 48.5 Å². The van der Waals surface area contributed by atoms with Gasteiger partial charge < -0.3 is 10.6 Å². The molecule has 0 aromatic heterocycles. The average molecular weight is 303 g/mol. The Balaban J connectivity index is 2.13. The Hall–Kier alpha value is -2.00. The summed E-state index contributed by atoms with van der Waals surface area (Å²) in [5.41, 5.74) is 2.79. The number of anilines is 1. The van der Waals surface area contributed by atoms with Crippen LogP contribution in [0, 0.1) is 0 Å². The average Bonchev–Trinajstić information content (AvgIpc) is 2.52. The van der Waals surface area contributed by atoms with Gasteiger partial charge in [0.05, 0.1) is 6.04 Å². The molecule has 4 heteroatoms. The van der Waals surface area contributed by atoms with Crippen molar-refractivity contribution >= 4 is 23.2 Å². The monoisotopic (exact) mass is 302 g/mol. The minimum atomic E-state index is -0.0802. The fourth-order valence-corrected chi connectivity index (χ4v) is 2.41. The highest BCUT2D eigenvalue weighted by molar-refractivity contribution is 6.30. The molecule has 0 saturated carbocycles. The van der Waals surface area contributed by atoms with Gasteiger partial charge in [0.15, 0.2) is 0 Å². The highest BCUT2D eigenvalue weighted by Crippen LogP contribution is 2.24. The smallest absolute Gasteiger partial charge is 0.251 e. The number of carbonyl (C=O) groups is 1. The standard InChI is InChI=1S/C17H19ClN2O/c1-3-16(13-5-4-6-14(18)11-13)20-15-9-7-12(8-10-15)17(21)19-2/h4-11,16,20H,3H2,1-2H3,(H,19,21). The van der Waals surface area contributed by atoms with Crippen LogP contribution >= 0.6 is 11.6 Å². The molecule has 0 fully saturated rings. The summed E-state index contributed by atoms with van der Waals surface area (Å²) in [6.07, 6.45) is 0.942. The van der Waals surface area contributed by atoms with Gasteiger partial charge in [-0.25, -0.2) is 0 Å². The van der Waals surface area contributed by atoms with E-state index in [0.29, 0.717) is 5.56 Å². The Morgan fingerprint density at radius 3 is 2.48 bits per heavy atom. The first-order chi connectivity index (χ1) is 10.1. The minimum Gasteiger partial charge on any atom is -0.378 e. The largest absolute Gasteiger partial charge is 0.378 e. The molecule has 3 nitrogen and oxygen atoms in total. The lowest BCUT2D eigenvalue weighted by molar-refractivity contribution is 0.0963. The van der Waals surface area contributed by atoms with E-state index in [1.165, 1.54) is 0 Å². The van der Waals surface area contributed by atoms with Crippen molar-refractivity contribution < 1.29 is 4.79 Å². The third-order valence-corrected chi connectivity index (χ3v) is 3.61. The normalized spacial score (nSPS) is 11.8. The number of hydrogen-bond acceptors (Lipinski definition) is 2. The Morgan fingerprint density at radius 1 is 1.19 bits per heavy atom. The summed E-state index contributed by atoms with van der Waals surface area (Å²) in [7, 11) is 1.63. The molecule has 0 aliphatic heterocycles. The molecule has 1 amide bonds. The van der Waals surface area contributed by atoms with E-state index < -0.39 is 0 Å². The van der Waals surface area contributed by atoms with E-state index in [1.807, 2.05) is 42.5 Å². The molecule has 2 aromatic carbocycles. The number of nitrogens with one attached hydrogen (secondary N) is 2. The van der Waals surface area contributed by atoms with Gasteiger partial charge in [-0.3, -0.25) is 4.79 Å². The number of rotatable bonds is 5. The number of amides is 1. The second kappa shape index (κ2) is 7.14. The van der Waals surface area contributed by atoms with Gasteiger partial charge in [0.2, 0.25) is 0 Å². The molecule has 0 aliphatic rings. The van der Waals surface area contributed by atoms with Crippen LogP contribution in [0.3, 0.4) is 0 Å². The number of carbonyl (C=O) groups excluding carboxylic acids is 1. The lowest BCUT2D eigenvalue weighted by Gasteiger charge is -2.19. The van der Waals surface area contributed by atoms with Gasteiger partial charge in [-0.1, -0.05) is 30.7 Å². The third kappa shape index (κ3) is 3.99. The molecule has 1 unspecified atom stereocenters. The van der Waals surface area contributed by atoms with Crippen molar-refractivity contribution in [2.24, 2.45) is 0 Å². The zero-order valence-corrected chi connectivity index (χ0v) is 12.9. The summed E-state index contributed by atoms with van der Waals surface area (Å²) in [6.45, 7) is 2.12. The first-order valence-electron chi connectivity index (χ1n) is 6.98. The first-order valence-corrected chi connectivity index (χ1v) is 7.36. The summed E-state index contributed by atoms with van der Waals surface area (Å²) >= 11 is 6.05. The summed E-state index contributed by atoms with van der Waals surface area (Å²) in [5.74, 6) is -0.0802. The van der Waals surface area contributed by atoms with Crippen LogP contribution in [0.25, 0.3) is 0 Å². The van der Waals surface area contributed by atoms with Crippen molar-refractivity contribution in [3.8, 4) is 0 Å². The summed E-state index contributed by atoms with van der Waals surface area (Å²) in [5, 5.41) is 6.82.